The van der Waals surface area contributed by atoms with Gasteiger partial charge in [-0.15, -0.1) is 11.3 Å². The zero-order valence-electron chi connectivity index (χ0n) is 12.6. The van der Waals surface area contributed by atoms with Crippen LogP contribution in [0.25, 0.3) is 6.08 Å². The lowest BCUT2D eigenvalue weighted by molar-refractivity contribution is -0.402. The van der Waals surface area contributed by atoms with Gasteiger partial charge in [0.25, 0.3) is 0 Å². The van der Waals surface area contributed by atoms with Crippen LogP contribution in [0, 0.1) is 21.4 Å². The molecular formula is C16H13N3O4S. The van der Waals surface area contributed by atoms with Gasteiger partial charge in [0.1, 0.15) is 21.8 Å². The average Bonchev–Trinajstić information content (AvgIpc) is 3.17. The van der Waals surface area contributed by atoms with Crippen molar-refractivity contribution >= 4 is 34.2 Å². The largest absolute Gasteiger partial charge is 0.433 e. The van der Waals surface area contributed by atoms with Crippen LogP contribution >= 0.6 is 11.3 Å². The summed E-state index contributed by atoms with van der Waals surface area (Å²) in [6.45, 7) is 0. The van der Waals surface area contributed by atoms with Crippen LogP contribution in [0.2, 0.25) is 0 Å². The number of furan rings is 1. The number of carbonyl (C=O) groups is 1. The van der Waals surface area contributed by atoms with Crippen LogP contribution in [0.1, 0.15) is 34.6 Å². The van der Waals surface area contributed by atoms with E-state index < -0.39 is 10.8 Å². The third-order valence-electron chi connectivity index (χ3n) is 3.71. The fourth-order valence-electron chi connectivity index (χ4n) is 2.61. The molecule has 2 aromatic rings. The number of anilines is 1. The summed E-state index contributed by atoms with van der Waals surface area (Å²) in [6, 6.07) is 4.81. The molecule has 1 N–H and O–H groups in total. The van der Waals surface area contributed by atoms with Crippen molar-refractivity contribution in [3.8, 4) is 6.07 Å². The van der Waals surface area contributed by atoms with Gasteiger partial charge < -0.3 is 9.73 Å². The quantitative estimate of drug-likeness (QED) is 0.517. The number of nitro groups is 1. The molecular weight excluding hydrogens is 330 g/mol. The molecule has 0 radical (unpaired) electrons. The molecule has 24 heavy (non-hydrogen) atoms. The molecule has 7 nitrogen and oxygen atoms in total. The Hall–Kier alpha value is -2.92. The fourth-order valence-corrected chi connectivity index (χ4v) is 3.86. The molecule has 0 atom stereocenters. The predicted octanol–water partition coefficient (Wildman–Crippen LogP) is 3.65. The summed E-state index contributed by atoms with van der Waals surface area (Å²) in [7, 11) is 0. The van der Waals surface area contributed by atoms with Gasteiger partial charge in [0.05, 0.1) is 11.6 Å². The highest BCUT2D eigenvalue weighted by Crippen LogP contribution is 2.37. The van der Waals surface area contributed by atoms with E-state index in [4.69, 9.17) is 4.42 Å². The summed E-state index contributed by atoms with van der Waals surface area (Å²) in [6.07, 6.45) is 6.54. The van der Waals surface area contributed by atoms with Crippen LogP contribution in [0.4, 0.5) is 10.9 Å². The Morgan fingerprint density at radius 1 is 1.42 bits per heavy atom. The van der Waals surface area contributed by atoms with E-state index in [1.807, 2.05) is 0 Å². The van der Waals surface area contributed by atoms with Crippen LogP contribution in [-0.2, 0) is 17.6 Å². The van der Waals surface area contributed by atoms with Gasteiger partial charge in [0.2, 0.25) is 5.91 Å². The first kappa shape index (κ1) is 16.0. The SMILES string of the molecule is N#Cc1c(NC(=O)/C=C/c2ccc([N+](=O)[O-])o2)sc2c1CCCC2. The second-order valence-electron chi connectivity index (χ2n) is 5.28. The molecule has 2 aromatic heterocycles. The summed E-state index contributed by atoms with van der Waals surface area (Å²) >= 11 is 1.44. The van der Waals surface area contributed by atoms with Crippen molar-refractivity contribution in [1.29, 1.82) is 5.26 Å². The fraction of sp³-hybridized carbons (Fsp3) is 0.250. The summed E-state index contributed by atoms with van der Waals surface area (Å²) < 4.78 is 4.94. The minimum absolute atomic E-state index is 0.211. The first-order valence-corrected chi connectivity index (χ1v) is 8.18. The number of rotatable bonds is 4. The molecule has 122 valence electrons. The Balaban J connectivity index is 1.73. The van der Waals surface area contributed by atoms with Gasteiger partial charge in [-0.1, -0.05) is 0 Å². The molecule has 0 aromatic carbocycles. The maximum atomic E-state index is 12.0. The molecule has 1 amide bonds. The highest BCUT2D eigenvalue weighted by Gasteiger charge is 2.21. The standard InChI is InChI=1S/C16H13N3O4S/c17-9-12-11-3-1-2-4-13(11)24-16(12)18-14(20)7-5-10-6-8-15(23-10)19(21)22/h5-8H,1-4H2,(H,18,20)/b7-5+. The van der Waals surface area contributed by atoms with Crippen molar-refractivity contribution in [2.24, 2.45) is 0 Å². The Bertz CT molecular complexity index is 873. The Morgan fingerprint density at radius 2 is 2.21 bits per heavy atom. The van der Waals surface area contributed by atoms with E-state index in [1.54, 1.807) is 0 Å². The molecule has 8 heteroatoms. The van der Waals surface area contributed by atoms with Crippen LogP contribution in [-0.4, -0.2) is 10.8 Å². The first-order valence-electron chi connectivity index (χ1n) is 7.36. The van der Waals surface area contributed by atoms with Crippen molar-refractivity contribution in [3.63, 3.8) is 0 Å². The molecule has 0 saturated carbocycles. The minimum atomic E-state index is -0.646. The maximum Gasteiger partial charge on any atom is 0.433 e. The van der Waals surface area contributed by atoms with E-state index in [9.17, 15) is 20.2 Å². The highest BCUT2D eigenvalue weighted by atomic mass is 32.1. The predicted molar refractivity (Wildman–Crippen MR) is 88.7 cm³/mol. The Kier molecular flexibility index (Phi) is 4.44. The second kappa shape index (κ2) is 6.68. The van der Waals surface area contributed by atoms with E-state index in [2.05, 4.69) is 11.4 Å². The molecule has 0 unspecified atom stereocenters. The Labute approximate surface area is 141 Å². The zero-order chi connectivity index (χ0) is 17.1. The molecule has 0 spiro atoms. The van der Waals surface area contributed by atoms with Crippen molar-refractivity contribution in [2.45, 2.75) is 25.7 Å². The van der Waals surface area contributed by atoms with E-state index in [0.29, 0.717) is 10.6 Å². The summed E-state index contributed by atoms with van der Waals surface area (Å²) in [5, 5.41) is 23.2. The number of thiophene rings is 1. The monoisotopic (exact) mass is 343 g/mol. The lowest BCUT2D eigenvalue weighted by atomic mass is 9.96. The average molecular weight is 343 g/mol. The molecule has 0 fully saturated rings. The Morgan fingerprint density at radius 3 is 2.92 bits per heavy atom. The summed E-state index contributed by atoms with van der Waals surface area (Å²) in [4.78, 5) is 23.1. The molecule has 1 aliphatic carbocycles. The third-order valence-corrected chi connectivity index (χ3v) is 4.92. The number of hydrogen-bond donors (Lipinski definition) is 1. The number of hydrogen-bond acceptors (Lipinski definition) is 6. The smallest absolute Gasteiger partial charge is 0.401 e. The second-order valence-corrected chi connectivity index (χ2v) is 6.39. The van der Waals surface area contributed by atoms with Crippen molar-refractivity contribution < 1.29 is 14.1 Å². The number of amides is 1. The molecule has 0 bridgehead atoms. The van der Waals surface area contributed by atoms with Crippen LogP contribution in [0.15, 0.2) is 22.6 Å². The van der Waals surface area contributed by atoms with Crippen molar-refractivity contribution in [3.05, 3.63) is 50.1 Å². The summed E-state index contributed by atoms with van der Waals surface area (Å²) in [5.74, 6) is -0.584. The van der Waals surface area contributed by atoms with Gasteiger partial charge in [-0.3, -0.25) is 14.9 Å². The molecule has 0 aliphatic heterocycles. The lowest BCUT2D eigenvalue weighted by Gasteiger charge is -2.09. The van der Waals surface area contributed by atoms with Gasteiger partial charge in [0.15, 0.2) is 0 Å². The molecule has 1 aliphatic rings. The van der Waals surface area contributed by atoms with Gasteiger partial charge in [-0.25, -0.2) is 0 Å². The van der Waals surface area contributed by atoms with Crippen LogP contribution in [0.5, 0.6) is 0 Å². The molecule has 3 rings (SSSR count). The number of carbonyl (C=O) groups excluding carboxylic acids is 1. The zero-order valence-corrected chi connectivity index (χ0v) is 13.4. The maximum absolute atomic E-state index is 12.0. The molecule has 2 heterocycles. The van der Waals surface area contributed by atoms with E-state index in [1.165, 1.54) is 40.5 Å². The number of aryl methyl sites for hydroxylation is 1. The molecule has 0 saturated heterocycles. The third kappa shape index (κ3) is 3.21. The number of nitrogens with one attached hydrogen (secondary N) is 1. The van der Waals surface area contributed by atoms with Crippen molar-refractivity contribution in [2.75, 3.05) is 5.32 Å². The van der Waals surface area contributed by atoms with E-state index in [0.717, 1.165) is 31.2 Å². The van der Waals surface area contributed by atoms with Gasteiger partial charge in [0, 0.05) is 11.0 Å². The number of nitriles is 1. The van der Waals surface area contributed by atoms with E-state index >= 15 is 0 Å². The minimum Gasteiger partial charge on any atom is -0.401 e. The van der Waals surface area contributed by atoms with Gasteiger partial charge >= 0.3 is 5.88 Å². The first-order chi connectivity index (χ1) is 11.6. The van der Waals surface area contributed by atoms with Crippen molar-refractivity contribution in [1.82, 2.24) is 0 Å². The topological polar surface area (TPSA) is 109 Å². The van der Waals surface area contributed by atoms with Gasteiger partial charge in [-0.05, 0) is 43.4 Å². The van der Waals surface area contributed by atoms with E-state index in [-0.39, 0.29) is 11.6 Å². The highest BCUT2D eigenvalue weighted by molar-refractivity contribution is 7.16. The van der Waals surface area contributed by atoms with Gasteiger partial charge in [-0.2, -0.15) is 5.26 Å². The van der Waals surface area contributed by atoms with Crippen LogP contribution < -0.4 is 5.32 Å². The number of fused-ring (bicyclic) bond motifs is 1. The van der Waals surface area contributed by atoms with Crippen LogP contribution in [0.3, 0.4) is 0 Å². The normalized spacial score (nSPS) is 13.5. The summed E-state index contributed by atoms with van der Waals surface area (Å²) in [5.41, 5.74) is 1.60. The lowest BCUT2D eigenvalue weighted by Crippen LogP contribution is -2.07. The number of nitrogens with zero attached hydrogens (tertiary/aromatic N) is 2.